The standard InChI is InChI=1S/C19H15N3O4/c23-19(24)16(11-14-7-4-10-25-14)22-9-8-20-17(22)15-12-26-18(21-15)13-5-2-1-3-6-13/h1-10,12,16H,11H2,(H,23,24)/t16-/m1/s1. The van der Waals surface area contributed by atoms with Gasteiger partial charge >= 0.3 is 5.97 Å². The van der Waals surface area contributed by atoms with Gasteiger partial charge in [-0.25, -0.2) is 14.8 Å². The number of furan rings is 1. The quantitative estimate of drug-likeness (QED) is 0.571. The molecule has 0 radical (unpaired) electrons. The lowest BCUT2D eigenvalue weighted by Gasteiger charge is -2.14. The molecule has 26 heavy (non-hydrogen) atoms. The first kappa shape index (κ1) is 15.9. The lowest BCUT2D eigenvalue weighted by molar-refractivity contribution is -0.140. The van der Waals surface area contributed by atoms with Crippen LogP contribution in [0.1, 0.15) is 11.8 Å². The molecule has 7 nitrogen and oxygen atoms in total. The normalized spacial score (nSPS) is 12.2. The zero-order chi connectivity index (χ0) is 17.9. The van der Waals surface area contributed by atoms with E-state index in [1.807, 2.05) is 30.3 Å². The minimum absolute atomic E-state index is 0.203. The fourth-order valence-electron chi connectivity index (χ4n) is 2.78. The van der Waals surface area contributed by atoms with Crippen LogP contribution in [0.25, 0.3) is 23.0 Å². The highest BCUT2D eigenvalue weighted by Gasteiger charge is 2.25. The van der Waals surface area contributed by atoms with Crippen LogP contribution in [0.4, 0.5) is 0 Å². The second-order valence-electron chi connectivity index (χ2n) is 5.70. The number of aromatic nitrogens is 3. The number of hydrogen-bond donors (Lipinski definition) is 1. The van der Waals surface area contributed by atoms with Crippen LogP contribution in [0.3, 0.4) is 0 Å². The van der Waals surface area contributed by atoms with E-state index < -0.39 is 12.0 Å². The Balaban J connectivity index is 1.68. The molecule has 3 aromatic heterocycles. The van der Waals surface area contributed by atoms with Crippen molar-refractivity contribution in [2.45, 2.75) is 12.5 Å². The molecular formula is C19H15N3O4. The molecule has 1 aromatic carbocycles. The highest BCUT2D eigenvalue weighted by molar-refractivity contribution is 5.73. The van der Waals surface area contributed by atoms with Crippen molar-refractivity contribution in [3.63, 3.8) is 0 Å². The third kappa shape index (κ3) is 3.02. The molecule has 0 aliphatic rings. The highest BCUT2D eigenvalue weighted by Crippen LogP contribution is 2.26. The van der Waals surface area contributed by atoms with Crippen molar-refractivity contribution in [3.05, 3.63) is 73.1 Å². The van der Waals surface area contributed by atoms with Crippen LogP contribution in [0, 0.1) is 0 Å². The van der Waals surface area contributed by atoms with Crippen LogP contribution in [-0.4, -0.2) is 25.6 Å². The van der Waals surface area contributed by atoms with E-state index in [1.54, 1.807) is 29.1 Å². The van der Waals surface area contributed by atoms with Crippen LogP contribution in [0.15, 0.2) is 76.2 Å². The van der Waals surface area contributed by atoms with Gasteiger partial charge in [0.25, 0.3) is 0 Å². The average molecular weight is 349 g/mol. The molecule has 1 N–H and O–H groups in total. The highest BCUT2D eigenvalue weighted by atomic mass is 16.4. The van der Waals surface area contributed by atoms with Gasteiger partial charge in [-0.1, -0.05) is 18.2 Å². The molecule has 4 rings (SSSR count). The van der Waals surface area contributed by atoms with Crippen molar-refractivity contribution in [2.75, 3.05) is 0 Å². The number of aliphatic carboxylic acids is 1. The summed E-state index contributed by atoms with van der Waals surface area (Å²) < 4.78 is 12.4. The number of oxazole rings is 1. The van der Waals surface area contributed by atoms with Crippen molar-refractivity contribution >= 4 is 5.97 Å². The molecule has 0 fully saturated rings. The zero-order valence-corrected chi connectivity index (χ0v) is 13.6. The SMILES string of the molecule is O=C(O)[C@@H](Cc1ccco1)n1ccnc1-c1coc(-c2ccccc2)n1. The predicted octanol–water partition coefficient (Wildman–Crippen LogP) is 3.67. The Morgan fingerprint density at radius 3 is 2.73 bits per heavy atom. The smallest absolute Gasteiger partial charge is 0.327 e. The summed E-state index contributed by atoms with van der Waals surface area (Å²) in [4.78, 5) is 20.5. The minimum atomic E-state index is -0.979. The molecule has 130 valence electrons. The van der Waals surface area contributed by atoms with Crippen molar-refractivity contribution < 1.29 is 18.7 Å². The molecule has 4 aromatic rings. The molecule has 0 saturated heterocycles. The van der Waals surface area contributed by atoms with Crippen molar-refractivity contribution in [1.29, 1.82) is 0 Å². The summed E-state index contributed by atoms with van der Waals surface area (Å²) in [6.07, 6.45) is 6.37. The summed E-state index contributed by atoms with van der Waals surface area (Å²) in [6, 6.07) is 12.1. The molecule has 0 bridgehead atoms. The fourth-order valence-corrected chi connectivity index (χ4v) is 2.78. The van der Waals surface area contributed by atoms with E-state index in [-0.39, 0.29) is 6.42 Å². The molecule has 0 aliphatic heterocycles. The molecule has 0 aliphatic carbocycles. The summed E-state index contributed by atoms with van der Waals surface area (Å²) in [5, 5.41) is 9.66. The van der Waals surface area contributed by atoms with Crippen LogP contribution < -0.4 is 0 Å². The van der Waals surface area contributed by atoms with Crippen LogP contribution in [-0.2, 0) is 11.2 Å². The summed E-state index contributed by atoms with van der Waals surface area (Å²) in [5.74, 6) is 0.484. The van der Waals surface area contributed by atoms with E-state index in [9.17, 15) is 9.90 Å². The third-order valence-corrected chi connectivity index (χ3v) is 4.02. The maximum absolute atomic E-state index is 11.8. The van der Waals surface area contributed by atoms with E-state index >= 15 is 0 Å². The topological polar surface area (TPSA) is 94.3 Å². The van der Waals surface area contributed by atoms with Crippen molar-refractivity contribution in [1.82, 2.24) is 14.5 Å². The number of nitrogens with zero attached hydrogens (tertiary/aromatic N) is 3. The first-order valence-corrected chi connectivity index (χ1v) is 8.01. The molecule has 0 saturated carbocycles. The van der Waals surface area contributed by atoms with E-state index in [2.05, 4.69) is 9.97 Å². The maximum atomic E-state index is 11.8. The Morgan fingerprint density at radius 2 is 2.00 bits per heavy atom. The first-order valence-electron chi connectivity index (χ1n) is 8.01. The number of hydrogen-bond acceptors (Lipinski definition) is 5. The van der Waals surface area contributed by atoms with Gasteiger partial charge in [-0.3, -0.25) is 0 Å². The van der Waals surface area contributed by atoms with Gasteiger partial charge in [0.1, 0.15) is 23.8 Å². The van der Waals surface area contributed by atoms with Gasteiger partial charge in [-0.15, -0.1) is 0 Å². The maximum Gasteiger partial charge on any atom is 0.327 e. The van der Waals surface area contributed by atoms with Gasteiger partial charge in [-0.05, 0) is 24.3 Å². The summed E-state index contributed by atoms with van der Waals surface area (Å²) >= 11 is 0. The monoisotopic (exact) mass is 349 g/mol. The fraction of sp³-hybridized carbons (Fsp3) is 0.105. The number of imidazole rings is 1. The van der Waals surface area contributed by atoms with Gasteiger partial charge in [-0.2, -0.15) is 0 Å². The molecule has 7 heteroatoms. The van der Waals surface area contributed by atoms with Crippen molar-refractivity contribution in [2.24, 2.45) is 0 Å². The average Bonchev–Trinajstić information content (AvgIpc) is 3.40. The second-order valence-corrected chi connectivity index (χ2v) is 5.70. The Bertz CT molecular complexity index is 1000. The predicted molar refractivity (Wildman–Crippen MR) is 92.2 cm³/mol. The molecule has 3 heterocycles. The van der Waals surface area contributed by atoms with E-state index in [0.29, 0.717) is 23.2 Å². The Morgan fingerprint density at radius 1 is 1.15 bits per heavy atom. The largest absolute Gasteiger partial charge is 0.480 e. The first-order chi connectivity index (χ1) is 12.7. The van der Waals surface area contributed by atoms with Gasteiger partial charge in [0.15, 0.2) is 5.82 Å². The zero-order valence-electron chi connectivity index (χ0n) is 13.6. The van der Waals surface area contributed by atoms with Crippen LogP contribution >= 0.6 is 0 Å². The van der Waals surface area contributed by atoms with Gasteiger partial charge in [0.05, 0.1) is 6.26 Å². The summed E-state index contributed by atoms with van der Waals surface area (Å²) in [7, 11) is 0. The molecule has 0 unspecified atom stereocenters. The van der Waals surface area contributed by atoms with E-state index in [0.717, 1.165) is 5.56 Å². The Hall–Kier alpha value is -3.61. The molecular weight excluding hydrogens is 334 g/mol. The lowest BCUT2D eigenvalue weighted by atomic mass is 10.1. The summed E-state index contributed by atoms with van der Waals surface area (Å²) in [5.41, 5.74) is 1.31. The number of rotatable bonds is 6. The van der Waals surface area contributed by atoms with Gasteiger partial charge in [0, 0.05) is 24.4 Å². The Labute approximate surface area is 148 Å². The number of carbonyl (C=O) groups is 1. The van der Waals surface area contributed by atoms with Gasteiger partial charge < -0.3 is 18.5 Å². The van der Waals surface area contributed by atoms with Crippen molar-refractivity contribution in [3.8, 4) is 23.0 Å². The number of benzene rings is 1. The van der Waals surface area contributed by atoms with Gasteiger partial charge in [0.2, 0.25) is 5.89 Å². The molecule has 1 atom stereocenters. The van der Waals surface area contributed by atoms with Crippen LogP contribution in [0.2, 0.25) is 0 Å². The number of carboxylic acid groups (broad SMARTS) is 1. The Kier molecular flexibility index (Phi) is 4.10. The third-order valence-electron chi connectivity index (χ3n) is 4.02. The van der Waals surface area contributed by atoms with E-state index in [4.69, 9.17) is 8.83 Å². The minimum Gasteiger partial charge on any atom is -0.480 e. The summed E-state index contributed by atoms with van der Waals surface area (Å²) in [6.45, 7) is 0. The lowest BCUT2D eigenvalue weighted by Crippen LogP contribution is -2.21. The number of carboxylic acids is 1. The van der Waals surface area contributed by atoms with Crippen LogP contribution in [0.5, 0.6) is 0 Å². The molecule has 0 amide bonds. The second kappa shape index (κ2) is 6.72. The van der Waals surface area contributed by atoms with E-state index in [1.165, 1.54) is 12.5 Å². The molecule has 0 spiro atoms.